The average Bonchev–Trinajstić information content (AvgIpc) is 2.94. The first-order valence-electron chi connectivity index (χ1n) is 14.3. The van der Waals surface area contributed by atoms with Gasteiger partial charge in [-0.1, -0.05) is 13.8 Å². The van der Waals surface area contributed by atoms with Crippen molar-refractivity contribution < 1.29 is 65.9 Å². The number of aliphatic hydroxyl groups excluding tert-OH is 2. The van der Waals surface area contributed by atoms with Gasteiger partial charge in [0, 0.05) is 23.6 Å². The Balaban J connectivity index is 1.57. The van der Waals surface area contributed by atoms with E-state index >= 15 is 0 Å². The summed E-state index contributed by atoms with van der Waals surface area (Å²) in [6, 6.07) is 0.327. The Morgan fingerprint density at radius 1 is 0.938 bits per heavy atom. The standard InChI is InChI=1S/C31H27F6N3O8/c1-10(2)16-9-18(40-28(47)39-15-6-13(30(32,33)34)5-14(7-15)31(35,36)37)23(42)21-17(16)4-11-3-12-8-19(41)22(27(38)46)26(45)29(12,48)25(44)20(11)24(21)43/h5-7,9-12,42-43,45,48H,3-4,8H2,1-2H3,(H2,38,46)(H2,39,40,47)/t11-,12+,29+/m1/s1. The zero-order valence-electron chi connectivity index (χ0n) is 24.9. The van der Waals surface area contributed by atoms with Crippen LogP contribution in [0.2, 0.25) is 0 Å². The number of aromatic hydroxyl groups is 1. The summed E-state index contributed by atoms with van der Waals surface area (Å²) in [5.74, 6) is -8.93. The molecule has 2 aromatic carbocycles. The molecule has 0 bridgehead atoms. The van der Waals surface area contributed by atoms with Gasteiger partial charge in [-0.2, -0.15) is 26.3 Å². The number of nitrogens with two attached hydrogens (primary N) is 1. The number of urea groups is 1. The van der Waals surface area contributed by atoms with Crippen molar-refractivity contribution >= 4 is 40.6 Å². The lowest BCUT2D eigenvalue weighted by Gasteiger charge is -2.46. The van der Waals surface area contributed by atoms with Gasteiger partial charge in [0.25, 0.3) is 5.91 Å². The number of phenolic OH excluding ortho intramolecular Hbond substituents is 1. The molecule has 1 saturated carbocycles. The maximum atomic E-state index is 13.8. The van der Waals surface area contributed by atoms with Crippen LogP contribution in [0.4, 0.5) is 42.5 Å². The van der Waals surface area contributed by atoms with E-state index in [-0.39, 0.29) is 42.5 Å². The van der Waals surface area contributed by atoms with Gasteiger partial charge in [0.2, 0.25) is 5.78 Å². The smallest absolute Gasteiger partial charge is 0.416 e. The SMILES string of the molecule is CC(C)c1cc(NC(=O)Nc2cc(C(F)(F)F)cc(C(F)(F)F)c2)c(O)c2c1C[C@H]1C[C@H]3CC(=O)C(C(N)=O)=C(O)[C@@]3(O)C(=O)C1=C2O. The molecule has 8 N–H and O–H groups in total. The maximum Gasteiger partial charge on any atom is 0.416 e. The van der Waals surface area contributed by atoms with Crippen LogP contribution in [0.15, 0.2) is 41.2 Å². The van der Waals surface area contributed by atoms with Gasteiger partial charge >= 0.3 is 18.4 Å². The molecule has 17 heteroatoms. The fourth-order valence-corrected chi connectivity index (χ4v) is 6.64. The quantitative estimate of drug-likeness (QED) is 0.129. The van der Waals surface area contributed by atoms with Gasteiger partial charge in [-0.05, 0) is 60.1 Å². The average molecular weight is 684 g/mol. The number of ketones is 2. The molecular weight excluding hydrogens is 656 g/mol. The fourth-order valence-electron chi connectivity index (χ4n) is 6.64. The van der Waals surface area contributed by atoms with Crippen LogP contribution >= 0.6 is 0 Å². The van der Waals surface area contributed by atoms with Gasteiger partial charge in [-0.25, -0.2) is 4.79 Å². The van der Waals surface area contributed by atoms with Crippen molar-refractivity contribution in [1.82, 2.24) is 0 Å². The Hall–Kier alpha value is -5.06. The number of phenols is 1. The van der Waals surface area contributed by atoms with Gasteiger partial charge < -0.3 is 36.8 Å². The third kappa shape index (κ3) is 5.50. The van der Waals surface area contributed by atoms with E-state index in [0.717, 1.165) is 0 Å². The van der Waals surface area contributed by atoms with Crippen molar-refractivity contribution in [1.29, 1.82) is 0 Å². The molecule has 3 aliphatic carbocycles. The molecule has 0 unspecified atom stereocenters. The van der Waals surface area contributed by atoms with Crippen LogP contribution in [0.1, 0.15) is 60.4 Å². The van der Waals surface area contributed by atoms with Crippen molar-refractivity contribution in [3.63, 3.8) is 0 Å². The first-order valence-corrected chi connectivity index (χ1v) is 14.3. The van der Waals surface area contributed by atoms with E-state index in [0.29, 0.717) is 11.1 Å². The molecule has 0 aliphatic heterocycles. The van der Waals surface area contributed by atoms with E-state index in [9.17, 15) is 65.9 Å². The van der Waals surface area contributed by atoms with E-state index in [1.165, 1.54) is 6.07 Å². The zero-order chi connectivity index (χ0) is 35.8. The number of aliphatic hydroxyl groups is 3. The minimum absolute atomic E-state index is 0.0353. The second-order valence-corrected chi connectivity index (χ2v) is 12.2. The number of hydrogen-bond donors (Lipinski definition) is 7. The van der Waals surface area contributed by atoms with E-state index in [1.54, 1.807) is 13.8 Å². The molecule has 1 fully saturated rings. The summed E-state index contributed by atoms with van der Waals surface area (Å²) in [5, 5.41) is 48.8. The summed E-state index contributed by atoms with van der Waals surface area (Å²) < 4.78 is 79.8. The van der Waals surface area contributed by atoms with Gasteiger partial charge in [-0.3, -0.25) is 14.4 Å². The monoisotopic (exact) mass is 683 g/mol. The van der Waals surface area contributed by atoms with E-state index < -0.39 is 111 Å². The maximum absolute atomic E-state index is 13.8. The second-order valence-electron chi connectivity index (χ2n) is 12.2. The molecule has 11 nitrogen and oxygen atoms in total. The number of carbonyl (C=O) groups is 4. The number of alkyl halides is 6. The topological polar surface area (TPSA) is 199 Å². The molecule has 5 rings (SSSR count). The van der Waals surface area contributed by atoms with E-state index in [4.69, 9.17) is 5.73 Å². The molecule has 3 atom stereocenters. The predicted octanol–water partition coefficient (Wildman–Crippen LogP) is 5.23. The summed E-state index contributed by atoms with van der Waals surface area (Å²) in [6.07, 6.45) is -11.1. The largest absolute Gasteiger partial charge is 0.508 e. The number of rotatable bonds is 4. The Morgan fingerprint density at radius 3 is 2.04 bits per heavy atom. The molecule has 0 saturated heterocycles. The molecular formula is C31H27F6N3O8. The predicted molar refractivity (Wildman–Crippen MR) is 155 cm³/mol. The Morgan fingerprint density at radius 2 is 1.52 bits per heavy atom. The highest BCUT2D eigenvalue weighted by Crippen LogP contribution is 2.53. The van der Waals surface area contributed by atoms with E-state index in [1.807, 2.05) is 5.32 Å². The van der Waals surface area contributed by atoms with Crippen LogP contribution in [0.5, 0.6) is 5.75 Å². The number of halogens is 6. The molecule has 256 valence electrons. The number of amides is 3. The van der Waals surface area contributed by atoms with Crippen LogP contribution in [-0.4, -0.2) is 49.5 Å². The number of carbonyl (C=O) groups excluding carboxylic acids is 4. The van der Waals surface area contributed by atoms with Gasteiger partial charge in [0.15, 0.2) is 11.4 Å². The summed E-state index contributed by atoms with van der Waals surface area (Å²) in [6.45, 7) is 3.40. The first-order chi connectivity index (χ1) is 22.1. The highest BCUT2D eigenvalue weighted by Gasteiger charge is 2.60. The molecule has 0 aromatic heterocycles. The second kappa shape index (κ2) is 11.3. The lowest BCUT2D eigenvalue weighted by molar-refractivity contribution is -0.148. The summed E-state index contributed by atoms with van der Waals surface area (Å²) in [5.41, 5.74) is -3.43. The molecule has 3 amide bonds. The third-order valence-electron chi connectivity index (χ3n) is 8.81. The van der Waals surface area contributed by atoms with Crippen molar-refractivity contribution in [3.05, 3.63) is 69.0 Å². The normalized spacial score (nSPS) is 22.7. The third-order valence-corrected chi connectivity index (χ3v) is 8.81. The minimum atomic E-state index is -5.19. The number of Topliss-reactive ketones (excluding diaryl/α,β-unsaturated/α-hetero) is 2. The van der Waals surface area contributed by atoms with Crippen LogP contribution in [0.25, 0.3) is 5.76 Å². The number of benzene rings is 2. The van der Waals surface area contributed by atoms with Crippen molar-refractivity contribution in [3.8, 4) is 5.75 Å². The number of nitrogens with one attached hydrogen (secondary N) is 2. The molecule has 0 radical (unpaired) electrons. The highest BCUT2D eigenvalue weighted by molar-refractivity contribution is 6.22. The molecule has 0 heterocycles. The Bertz CT molecular complexity index is 1830. The van der Waals surface area contributed by atoms with Crippen molar-refractivity contribution in [2.75, 3.05) is 10.6 Å². The molecule has 48 heavy (non-hydrogen) atoms. The van der Waals surface area contributed by atoms with Crippen molar-refractivity contribution in [2.45, 2.75) is 57.0 Å². The number of hydrogen-bond acceptors (Lipinski definition) is 8. The van der Waals surface area contributed by atoms with Crippen LogP contribution in [-0.2, 0) is 33.2 Å². The fraction of sp³-hybridized carbons (Fsp3) is 0.355. The zero-order valence-corrected chi connectivity index (χ0v) is 24.9. The Labute approximate surface area is 266 Å². The van der Waals surface area contributed by atoms with Crippen LogP contribution in [0, 0.1) is 11.8 Å². The Kier molecular flexibility index (Phi) is 8.06. The number of primary amides is 1. The van der Waals surface area contributed by atoms with Gasteiger partial charge in [-0.15, -0.1) is 0 Å². The van der Waals surface area contributed by atoms with E-state index in [2.05, 4.69) is 5.32 Å². The molecule has 3 aliphatic rings. The first kappa shape index (κ1) is 34.3. The summed E-state index contributed by atoms with van der Waals surface area (Å²) in [4.78, 5) is 51.0. The number of fused-ring (bicyclic) bond motifs is 3. The number of anilines is 2. The van der Waals surface area contributed by atoms with Gasteiger partial charge in [0.05, 0.1) is 22.4 Å². The lowest BCUT2D eigenvalue weighted by Crippen LogP contribution is -2.58. The summed E-state index contributed by atoms with van der Waals surface area (Å²) in [7, 11) is 0. The van der Waals surface area contributed by atoms with Crippen LogP contribution in [0.3, 0.4) is 0 Å². The highest BCUT2D eigenvalue weighted by atomic mass is 19.4. The van der Waals surface area contributed by atoms with Crippen molar-refractivity contribution in [2.24, 2.45) is 17.6 Å². The lowest BCUT2D eigenvalue weighted by atomic mass is 9.59. The minimum Gasteiger partial charge on any atom is -0.508 e. The van der Waals surface area contributed by atoms with Crippen LogP contribution < -0.4 is 16.4 Å². The van der Waals surface area contributed by atoms with Gasteiger partial charge in [0.1, 0.15) is 22.8 Å². The molecule has 2 aromatic rings. The molecule has 0 spiro atoms. The summed E-state index contributed by atoms with van der Waals surface area (Å²) >= 11 is 0.